The highest BCUT2D eigenvalue weighted by atomic mass is 35.9. The number of aliphatic hydroxyl groups excluding tert-OH is 3. The molecule has 0 aromatic rings. The lowest BCUT2D eigenvalue weighted by molar-refractivity contribution is -0.0101. The first-order chi connectivity index (χ1) is 9.69. The van der Waals surface area contributed by atoms with E-state index in [2.05, 4.69) is 22.4 Å². The molecule has 2 amide bonds. The number of hydrogen-bond acceptors (Lipinski definition) is 7. The summed E-state index contributed by atoms with van der Waals surface area (Å²) in [6, 6.07) is -0.593. The topological polar surface area (TPSA) is 120 Å². The van der Waals surface area contributed by atoms with Crippen molar-refractivity contribution in [2.75, 3.05) is 6.61 Å². The quantitative estimate of drug-likeness (QED) is 0.426. The van der Waals surface area contributed by atoms with Crippen LogP contribution in [0.25, 0.3) is 0 Å². The molecule has 5 N–H and O–H groups in total. The molecule has 0 spiro atoms. The molecule has 1 fully saturated rings. The lowest BCUT2D eigenvalue weighted by Crippen LogP contribution is -2.50. The fourth-order valence-corrected chi connectivity index (χ4v) is 2.88. The van der Waals surface area contributed by atoms with Gasteiger partial charge in [0.25, 0.3) is 0 Å². The van der Waals surface area contributed by atoms with Crippen LogP contribution >= 0.6 is 27.5 Å². The van der Waals surface area contributed by atoms with Crippen LogP contribution in [-0.2, 0) is 21.1 Å². The van der Waals surface area contributed by atoms with E-state index in [0.717, 1.165) is 0 Å². The van der Waals surface area contributed by atoms with E-state index in [0.29, 0.717) is 0 Å². The van der Waals surface area contributed by atoms with Gasteiger partial charge in [-0.05, 0) is 34.3 Å². The van der Waals surface area contributed by atoms with Crippen molar-refractivity contribution in [2.24, 2.45) is 0 Å². The number of nitrogens with one attached hydrogen (secondary N) is 2. The summed E-state index contributed by atoms with van der Waals surface area (Å²) >= 11 is 15.8. The van der Waals surface area contributed by atoms with Crippen molar-refractivity contribution in [1.29, 1.82) is 0 Å². The molecule has 0 radical (unpaired) electrons. The van der Waals surface area contributed by atoms with E-state index in [1.165, 1.54) is 6.20 Å². The van der Waals surface area contributed by atoms with Crippen molar-refractivity contribution in [3.05, 3.63) is 11.8 Å². The second-order valence-corrected chi connectivity index (χ2v) is 11.7. The molecular weight excluding hydrogens is 366 g/mol. The molecule has 0 saturated carbocycles. The monoisotopic (exact) mass is 378 g/mol. The number of carbonyl (C=O) groups is 1. The van der Waals surface area contributed by atoms with E-state index >= 15 is 0 Å². The predicted octanol–water partition coefficient (Wildman–Crippen LogP) is -0.291. The van der Waals surface area contributed by atoms with Crippen LogP contribution in [0.5, 0.6) is 0 Å². The molecule has 0 aliphatic carbocycles. The van der Waals surface area contributed by atoms with Gasteiger partial charge in [0, 0.05) is 11.8 Å². The molecule has 120 valence electrons. The fourth-order valence-electron chi connectivity index (χ4n) is 2.04. The molecule has 1 saturated heterocycles. The third-order valence-corrected chi connectivity index (χ3v) is 4.38. The summed E-state index contributed by atoms with van der Waals surface area (Å²) in [6.45, 7) is -0.206. The number of halogens is 2. The number of hydrogen-bond donors (Lipinski definition) is 5. The highest BCUT2D eigenvalue weighted by Gasteiger charge is 2.46. The molecule has 0 aromatic heterocycles. The largest absolute Gasteiger partial charge is 0.387 e. The van der Waals surface area contributed by atoms with E-state index in [9.17, 15) is 20.1 Å². The van der Waals surface area contributed by atoms with E-state index in [4.69, 9.17) is 31.7 Å². The van der Waals surface area contributed by atoms with Crippen LogP contribution in [0.4, 0.5) is 4.79 Å². The summed E-state index contributed by atoms with van der Waals surface area (Å²) in [5, 5.41) is 34.2. The van der Waals surface area contributed by atoms with Crippen LogP contribution in [0.2, 0.25) is 0 Å². The summed E-state index contributed by atoms with van der Waals surface area (Å²) < 4.78 is 10.4. The zero-order valence-electron chi connectivity index (χ0n) is 10.3. The standard InChI is InChI=1S/C9H13Cl2N2O6PS/c10-20(11,21)18-2-4-5(14)6(15)7(19-4)3-1-12-9(17)13-8(3)16/h1,4-8,14-16H,2H2,(H2,12,13,17)/t4-,5?,6?,7+,8?/m1/s1. The number of amides is 2. The fraction of sp³-hybridized carbons (Fsp3) is 0.667. The van der Waals surface area contributed by atoms with Gasteiger partial charge >= 0.3 is 6.03 Å². The highest BCUT2D eigenvalue weighted by molar-refractivity contribution is 8.36. The van der Waals surface area contributed by atoms with Gasteiger partial charge in [0.2, 0.25) is 4.97 Å². The number of aliphatic hydroxyl groups is 3. The van der Waals surface area contributed by atoms with Gasteiger partial charge in [0.15, 0.2) is 6.23 Å². The van der Waals surface area contributed by atoms with Gasteiger partial charge in [-0.25, -0.2) is 4.79 Å². The van der Waals surface area contributed by atoms with E-state index in [1.807, 2.05) is 0 Å². The molecule has 2 heterocycles. The molecule has 12 heteroatoms. The number of rotatable bonds is 4. The van der Waals surface area contributed by atoms with Crippen LogP contribution < -0.4 is 10.6 Å². The van der Waals surface area contributed by atoms with Crippen LogP contribution in [0, 0.1) is 0 Å². The molecular formula is C9H13Cl2N2O6PS. The van der Waals surface area contributed by atoms with E-state index < -0.39 is 41.6 Å². The summed E-state index contributed by atoms with van der Waals surface area (Å²) in [5.41, 5.74) is 0.167. The van der Waals surface area contributed by atoms with Gasteiger partial charge in [-0.3, -0.25) is 0 Å². The molecule has 3 unspecified atom stereocenters. The highest BCUT2D eigenvalue weighted by Crippen LogP contribution is 2.58. The summed E-state index contributed by atoms with van der Waals surface area (Å²) in [4.78, 5) is 8.06. The molecule has 2 aliphatic heterocycles. The van der Waals surface area contributed by atoms with Crippen molar-refractivity contribution < 1.29 is 29.4 Å². The minimum absolute atomic E-state index is 0.167. The molecule has 21 heavy (non-hydrogen) atoms. The SMILES string of the molecule is O=C1NC=C([C@@H]2O[C@H](COP(=S)(Cl)Cl)C(O)C2O)C(O)N1. The minimum atomic E-state index is -2.97. The Labute approximate surface area is 134 Å². The van der Waals surface area contributed by atoms with E-state index in [1.54, 1.807) is 0 Å². The Morgan fingerprint density at radius 3 is 2.62 bits per heavy atom. The van der Waals surface area contributed by atoms with E-state index in [-0.39, 0.29) is 12.2 Å². The van der Waals surface area contributed by atoms with Gasteiger partial charge < -0.3 is 35.2 Å². The molecule has 0 aromatic carbocycles. The second-order valence-electron chi connectivity index (χ2n) is 4.45. The molecule has 5 atom stereocenters. The first-order valence-electron chi connectivity index (χ1n) is 5.79. The normalized spacial score (nSPS) is 36.9. The first kappa shape index (κ1) is 17.4. The van der Waals surface area contributed by atoms with Crippen LogP contribution in [0.15, 0.2) is 11.8 Å². The Hall–Kier alpha value is 0.0400. The smallest absolute Gasteiger partial charge is 0.321 e. The summed E-state index contributed by atoms with van der Waals surface area (Å²) in [5.74, 6) is 0. The van der Waals surface area contributed by atoms with Gasteiger partial charge in [-0.15, -0.1) is 0 Å². The summed E-state index contributed by atoms with van der Waals surface area (Å²) in [7, 11) is 0. The second kappa shape index (κ2) is 6.66. The van der Waals surface area contributed by atoms with Crippen molar-refractivity contribution in [1.82, 2.24) is 10.6 Å². The van der Waals surface area contributed by atoms with Crippen LogP contribution in [0.3, 0.4) is 0 Å². The number of ether oxygens (including phenoxy) is 1. The maximum atomic E-state index is 11.0. The number of urea groups is 1. The zero-order valence-corrected chi connectivity index (χ0v) is 13.6. The molecule has 2 rings (SSSR count). The van der Waals surface area contributed by atoms with Gasteiger partial charge in [0.1, 0.15) is 24.4 Å². The third-order valence-electron chi connectivity index (χ3n) is 3.03. The average molecular weight is 379 g/mol. The Bertz CT molecular complexity index is 503. The molecule has 2 aliphatic rings. The maximum absolute atomic E-state index is 11.0. The maximum Gasteiger partial charge on any atom is 0.321 e. The zero-order chi connectivity index (χ0) is 15.8. The van der Waals surface area contributed by atoms with Crippen LogP contribution in [0.1, 0.15) is 0 Å². The van der Waals surface area contributed by atoms with Gasteiger partial charge in [-0.2, -0.15) is 0 Å². The van der Waals surface area contributed by atoms with Crippen molar-refractivity contribution in [3.8, 4) is 0 Å². The van der Waals surface area contributed by atoms with Crippen molar-refractivity contribution in [3.63, 3.8) is 0 Å². The molecule has 8 nitrogen and oxygen atoms in total. The number of carbonyl (C=O) groups excluding carboxylic acids is 1. The molecule has 0 bridgehead atoms. The van der Waals surface area contributed by atoms with Gasteiger partial charge in [-0.1, -0.05) is 0 Å². The Morgan fingerprint density at radius 2 is 2.05 bits per heavy atom. The predicted molar refractivity (Wildman–Crippen MR) is 78.4 cm³/mol. The van der Waals surface area contributed by atoms with Crippen molar-refractivity contribution in [2.45, 2.75) is 30.6 Å². The minimum Gasteiger partial charge on any atom is -0.387 e. The summed E-state index contributed by atoms with van der Waals surface area (Å²) in [6.07, 6.45) is -4.68. The van der Waals surface area contributed by atoms with Crippen LogP contribution in [-0.4, -0.2) is 58.6 Å². The lowest BCUT2D eigenvalue weighted by Gasteiger charge is -2.26. The third kappa shape index (κ3) is 4.28. The average Bonchev–Trinajstić information content (AvgIpc) is 2.64. The van der Waals surface area contributed by atoms with Crippen molar-refractivity contribution >= 4 is 45.3 Å². The lowest BCUT2D eigenvalue weighted by atomic mass is 10.0. The Balaban J connectivity index is 2.06. The Morgan fingerprint density at radius 1 is 1.38 bits per heavy atom. The Kier molecular flexibility index (Phi) is 5.51. The van der Waals surface area contributed by atoms with Gasteiger partial charge in [0.05, 0.1) is 6.61 Å². The first-order valence-corrected chi connectivity index (χ1v) is 10.3.